The van der Waals surface area contributed by atoms with E-state index in [9.17, 15) is 9.59 Å². The average molecular weight is 322 g/mol. The maximum absolute atomic E-state index is 12.3. The summed E-state index contributed by atoms with van der Waals surface area (Å²) in [5.41, 5.74) is 8.75. The van der Waals surface area contributed by atoms with Crippen LogP contribution < -0.4 is 16.6 Å². The molecule has 2 aromatic heterocycles. The lowest BCUT2D eigenvalue weighted by Crippen LogP contribution is -2.37. The van der Waals surface area contributed by atoms with Gasteiger partial charge in [-0.05, 0) is 49.2 Å². The summed E-state index contributed by atoms with van der Waals surface area (Å²) in [6.07, 6.45) is 3.79. The van der Waals surface area contributed by atoms with Crippen molar-refractivity contribution in [1.29, 1.82) is 0 Å². The van der Waals surface area contributed by atoms with Crippen molar-refractivity contribution in [2.24, 2.45) is 5.73 Å². The third kappa shape index (κ3) is 3.49. The van der Waals surface area contributed by atoms with Crippen molar-refractivity contribution in [2.75, 3.05) is 5.32 Å². The summed E-state index contributed by atoms with van der Waals surface area (Å²) in [7, 11) is 0. The van der Waals surface area contributed by atoms with Gasteiger partial charge in [-0.25, -0.2) is 0 Å². The second-order valence-corrected chi connectivity index (χ2v) is 5.74. The fourth-order valence-corrected chi connectivity index (χ4v) is 2.49. The zero-order chi connectivity index (χ0) is 17.1. The van der Waals surface area contributed by atoms with E-state index >= 15 is 0 Å². The summed E-state index contributed by atoms with van der Waals surface area (Å²) < 4.78 is 0. The molecule has 0 aliphatic heterocycles. The highest BCUT2D eigenvalue weighted by atomic mass is 16.2. The number of aromatic nitrogens is 2. The Labute approximate surface area is 138 Å². The molecule has 1 aromatic carbocycles. The number of hydrogen-bond donors (Lipinski definition) is 3. The van der Waals surface area contributed by atoms with E-state index in [1.54, 1.807) is 37.5 Å². The number of rotatable bonds is 4. The van der Waals surface area contributed by atoms with E-state index in [0.29, 0.717) is 17.7 Å². The van der Waals surface area contributed by atoms with Crippen molar-refractivity contribution in [3.05, 3.63) is 70.3 Å². The predicted octanol–water partition coefficient (Wildman–Crippen LogP) is 1.74. The molecule has 3 aromatic rings. The maximum atomic E-state index is 12.3. The summed E-state index contributed by atoms with van der Waals surface area (Å²) in [5, 5.41) is 3.66. The van der Waals surface area contributed by atoms with Gasteiger partial charge in [-0.3, -0.25) is 14.6 Å². The number of aromatic amines is 1. The standard InChI is InChI=1S/C18H18N4O2/c1-11-7-13-9-14(4-5-16(13)22-17(11)23)21-18(24)15(19)8-12-3-2-6-20-10-12/h2-7,9-10,15H,8,19H2,1H3,(H,21,24)(H,22,23). The van der Waals surface area contributed by atoms with Gasteiger partial charge < -0.3 is 16.0 Å². The van der Waals surface area contributed by atoms with Crippen LogP contribution in [0.2, 0.25) is 0 Å². The van der Waals surface area contributed by atoms with Crippen molar-refractivity contribution in [3.8, 4) is 0 Å². The molecule has 4 N–H and O–H groups in total. The van der Waals surface area contributed by atoms with E-state index in [-0.39, 0.29) is 11.5 Å². The van der Waals surface area contributed by atoms with E-state index in [4.69, 9.17) is 5.73 Å². The maximum Gasteiger partial charge on any atom is 0.251 e. The van der Waals surface area contributed by atoms with Gasteiger partial charge in [0.05, 0.1) is 6.04 Å². The molecule has 1 atom stereocenters. The lowest BCUT2D eigenvalue weighted by Gasteiger charge is -2.12. The molecule has 0 saturated heterocycles. The second kappa shape index (κ2) is 6.64. The van der Waals surface area contributed by atoms with Crippen LogP contribution in [0, 0.1) is 6.92 Å². The van der Waals surface area contributed by atoms with Crippen LogP contribution in [0.1, 0.15) is 11.1 Å². The Morgan fingerprint density at radius 3 is 2.92 bits per heavy atom. The second-order valence-electron chi connectivity index (χ2n) is 5.74. The molecule has 122 valence electrons. The first-order valence-corrected chi connectivity index (χ1v) is 7.62. The summed E-state index contributed by atoms with van der Waals surface area (Å²) in [6, 6.07) is 10.1. The number of H-pyrrole nitrogens is 1. The highest BCUT2D eigenvalue weighted by Crippen LogP contribution is 2.17. The third-order valence-corrected chi connectivity index (χ3v) is 3.81. The van der Waals surface area contributed by atoms with Crippen molar-refractivity contribution < 1.29 is 4.79 Å². The topological polar surface area (TPSA) is 101 Å². The first-order chi connectivity index (χ1) is 11.5. The molecule has 0 aliphatic rings. The van der Waals surface area contributed by atoms with E-state index in [2.05, 4.69) is 15.3 Å². The highest BCUT2D eigenvalue weighted by molar-refractivity contribution is 5.96. The normalized spacial score (nSPS) is 12.1. The van der Waals surface area contributed by atoms with Crippen LogP contribution in [0.15, 0.2) is 53.6 Å². The minimum Gasteiger partial charge on any atom is -0.325 e. The Bertz CT molecular complexity index is 935. The van der Waals surface area contributed by atoms with E-state index in [1.807, 2.05) is 18.2 Å². The Morgan fingerprint density at radius 1 is 1.33 bits per heavy atom. The summed E-state index contributed by atoms with van der Waals surface area (Å²) in [6.45, 7) is 1.74. The number of pyridine rings is 2. The van der Waals surface area contributed by atoms with Crippen LogP contribution in [0.4, 0.5) is 5.69 Å². The molecule has 0 aliphatic carbocycles. The SMILES string of the molecule is Cc1cc2cc(NC(=O)C(N)Cc3cccnc3)ccc2[nH]c1=O. The number of anilines is 1. The van der Waals surface area contributed by atoms with Crippen LogP contribution in [-0.2, 0) is 11.2 Å². The molecule has 0 saturated carbocycles. The first kappa shape index (κ1) is 15.9. The minimum atomic E-state index is -0.665. The van der Waals surface area contributed by atoms with Gasteiger partial charge in [-0.1, -0.05) is 6.07 Å². The van der Waals surface area contributed by atoms with Crippen LogP contribution in [0.3, 0.4) is 0 Å². The number of benzene rings is 1. The van der Waals surface area contributed by atoms with E-state index in [1.165, 1.54) is 0 Å². The smallest absolute Gasteiger partial charge is 0.251 e. The number of aryl methyl sites for hydroxylation is 1. The Balaban J connectivity index is 1.75. The molecule has 2 heterocycles. The van der Waals surface area contributed by atoms with Gasteiger partial charge in [0.25, 0.3) is 5.56 Å². The van der Waals surface area contributed by atoms with Crippen molar-refractivity contribution in [1.82, 2.24) is 9.97 Å². The van der Waals surface area contributed by atoms with E-state index < -0.39 is 6.04 Å². The van der Waals surface area contributed by atoms with E-state index in [0.717, 1.165) is 16.5 Å². The zero-order valence-corrected chi connectivity index (χ0v) is 13.2. The number of amides is 1. The zero-order valence-electron chi connectivity index (χ0n) is 13.2. The molecule has 0 bridgehead atoms. The lowest BCUT2D eigenvalue weighted by molar-refractivity contribution is -0.117. The van der Waals surface area contributed by atoms with Gasteiger partial charge in [-0.2, -0.15) is 0 Å². The fraction of sp³-hybridized carbons (Fsp3) is 0.167. The number of carbonyl (C=O) groups is 1. The van der Waals surface area contributed by atoms with Crippen LogP contribution in [0.5, 0.6) is 0 Å². The predicted molar refractivity (Wildman–Crippen MR) is 93.9 cm³/mol. The molecule has 3 rings (SSSR count). The van der Waals surface area contributed by atoms with Gasteiger partial charge in [-0.15, -0.1) is 0 Å². The van der Waals surface area contributed by atoms with Crippen molar-refractivity contribution in [3.63, 3.8) is 0 Å². The molecule has 1 unspecified atom stereocenters. The number of carbonyl (C=O) groups excluding carboxylic acids is 1. The summed E-state index contributed by atoms with van der Waals surface area (Å²) in [5.74, 6) is -0.264. The molecule has 6 nitrogen and oxygen atoms in total. The van der Waals surface area contributed by atoms with Gasteiger partial charge in [0.15, 0.2) is 0 Å². The minimum absolute atomic E-state index is 0.113. The monoisotopic (exact) mass is 322 g/mol. The Hall–Kier alpha value is -2.99. The van der Waals surface area contributed by atoms with Crippen molar-refractivity contribution in [2.45, 2.75) is 19.4 Å². The van der Waals surface area contributed by atoms with Crippen LogP contribution in [-0.4, -0.2) is 21.9 Å². The van der Waals surface area contributed by atoms with Gasteiger partial charge in [0.1, 0.15) is 0 Å². The fourth-order valence-electron chi connectivity index (χ4n) is 2.49. The number of nitrogens with one attached hydrogen (secondary N) is 2. The molecule has 0 fully saturated rings. The molecule has 0 radical (unpaired) electrons. The number of nitrogens with two attached hydrogens (primary N) is 1. The van der Waals surface area contributed by atoms with Gasteiger partial charge >= 0.3 is 0 Å². The summed E-state index contributed by atoms with van der Waals surface area (Å²) in [4.78, 5) is 30.7. The molecular formula is C18H18N4O2. The third-order valence-electron chi connectivity index (χ3n) is 3.81. The summed E-state index contributed by atoms with van der Waals surface area (Å²) >= 11 is 0. The largest absolute Gasteiger partial charge is 0.325 e. The molecule has 24 heavy (non-hydrogen) atoms. The van der Waals surface area contributed by atoms with Crippen molar-refractivity contribution >= 4 is 22.5 Å². The Kier molecular flexibility index (Phi) is 4.39. The average Bonchev–Trinajstić information content (AvgIpc) is 2.57. The molecule has 6 heteroatoms. The molecule has 0 spiro atoms. The highest BCUT2D eigenvalue weighted by Gasteiger charge is 2.14. The molecular weight excluding hydrogens is 304 g/mol. The lowest BCUT2D eigenvalue weighted by atomic mass is 10.1. The van der Waals surface area contributed by atoms with Gasteiger partial charge in [0, 0.05) is 34.5 Å². The van der Waals surface area contributed by atoms with Crippen LogP contribution in [0.25, 0.3) is 10.9 Å². The number of nitrogens with zero attached hydrogens (tertiary/aromatic N) is 1. The molecule has 1 amide bonds. The van der Waals surface area contributed by atoms with Gasteiger partial charge in [0.2, 0.25) is 5.91 Å². The first-order valence-electron chi connectivity index (χ1n) is 7.62. The van der Waals surface area contributed by atoms with Crippen LogP contribution >= 0.6 is 0 Å². The number of hydrogen-bond acceptors (Lipinski definition) is 4. The quantitative estimate of drug-likeness (QED) is 0.681. The number of fused-ring (bicyclic) bond motifs is 1. The Morgan fingerprint density at radius 2 is 2.17 bits per heavy atom.